The van der Waals surface area contributed by atoms with Crippen LogP contribution in [0.25, 0.3) is 0 Å². The zero-order valence-electron chi connectivity index (χ0n) is 16.5. The lowest BCUT2D eigenvalue weighted by atomic mass is 9.99. The molecule has 0 saturated carbocycles. The molecule has 0 aromatic heterocycles. The normalized spacial score (nSPS) is 26.6. The second kappa shape index (κ2) is 11.7. The number of hydrogen-bond donors (Lipinski definition) is 5. The number of hydrogen-bond acceptors (Lipinski definition) is 7. The van der Waals surface area contributed by atoms with Crippen molar-refractivity contribution in [3.63, 3.8) is 0 Å². The summed E-state index contributed by atoms with van der Waals surface area (Å²) in [6, 6.07) is 9.39. The molecule has 5 N–H and O–H groups in total. The average molecular weight is 410 g/mol. The number of amides is 2. The maximum absolute atomic E-state index is 12.0. The number of carbonyl (C=O) groups is 2. The Balaban J connectivity index is 1.52. The molecule has 29 heavy (non-hydrogen) atoms. The summed E-state index contributed by atoms with van der Waals surface area (Å²) in [5, 5.41) is 34.4. The van der Waals surface area contributed by atoms with Crippen molar-refractivity contribution in [2.24, 2.45) is 0 Å². The third-order valence-electron chi connectivity index (χ3n) is 4.72. The number of benzene rings is 1. The molecular formula is C20H30N2O7. The molecule has 1 aliphatic rings. The van der Waals surface area contributed by atoms with Crippen LogP contribution in [0.3, 0.4) is 0 Å². The highest BCUT2D eigenvalue weighted by molar-refractivity contribution is 5.76. The molecule has 1 saturated heterocycles. The Morgan fingerprint density at radius 2 is 1.76 bits per heavy atom. The smallest absolute Gasteiger partial charge is 0.407 e. The fraction of sp³-hybridized carbons (Fsp3) is 0.600. The third-order valence-corrected chi connectivity index (χ3v) is 4.72. The van der Waals surface area contributed by atoms with Gasteiger partial charge < -0.3 is 35.4 Å². The zero-order chi connectivity index (χ0) is 21.2. The van der Waals surface area contributed by atoms with E-state index in [0.29, 0.717) is 19.4 Å². The van der Waals surface area contributed by atoms with Crippen LogP contribution in [0.5, 0.6) is 0 Å². The van der Waals surface area contributed by atoms with Gasteiger partial charge in [-0.05, 0) is 25.3 Å². The summed E-state index contributed by atoms with van der Waals surface area (Å²) in [6.45, 7) is 2.21. The molecule has 1 aromatic rings. The third kappa shape index (κ3) is 7.62. The van der Waals surface area contributed by atoms with E-state index >= 15 is 0 Å². The van der Waals surface area contributed by atoms with Crippen molar-refractivity contribution in [1.82, 2.24) is 10.6 Å². The van der Waals surface area contributed by atoms with E-state index in [2.05, 4.69) is 10.6 Å². The van der Waals surface area contributed by atoms with Gasteiger partial charge in [-0.1, -0.05) is 36.8 Å². The number of aliphatic hydroxyl groups excluding tert-OH is 3. The first-order valence-corrected chi connectivity index (χ1v) is 9.82. The van der Waals surface area contributed by atoms with Crippen LogP contribution in [0.4, 0.5) is 4.79 Å². The van der Waals surface area contributed by atoms with Gasteiger partial charge in [0.25, 0.3) is 0 Å². The van der Waals surface area contributed by atoms with Crippen LogP contribution in [0.1, 0.15) is 38.2 Å². The standard InChI is InChI=1S/C20H30N2O7/c1-13-16(24)17(25)18(26)19(29-13)22-15(23)10-6-3-7-11-21-20(27)28-12-14-8-4-2-5-9-14/h2,4-5,8-9,13,16-19,24-26H,3,6-7,10-12H2,1H3,(H,21,27)(H,22,23)/t13-,16-,17+,18+,19+/m1/s1. The molecular weight excluding hydrogens is 380 g/mol. The molecule has 0 radical (unpaired) electrons. The van der Waals surface area contributed by atoms with Crippen LogP contribution in [-0.4, -0.2) is 64.5 Å². The van der Waals surface area contributed by atoms with E-state index in [1.165, 1.54) is 0 Å². The van der Waals surface area contributed by atoms with Crippen molar-refractivity contribution >= 4 is 12.0 Å². The van der Waals surface area contributed by atoms with Crippen molar-refractivity contribution in [3.05, 3.63) is 35.9 Å². The van der Waals surface area contributed by atoms with Crippen molar-refractivity contribution in [3.8, 4) is 0 Å². The van der Waals surface area contributed by atoms with Gasteiger partial charge in [0.2, 0.25) is 5.91 Å². The van der Waals surface area contributed by atoms with Crippen LogP contribution in [0, 0.1) is 0 Å². The summed E-state index contributed by atoms with van der Waals surface area (Å²) < 4.78 is 10.4. The minimum atomic E-state index is -1.39. The fourth-order valence-corrected chi connectivity index (χ4v) is 2.95. The second-order valence-electron chi connectivity index (χ2n) is 7.10. The van der Waals surface area contributed by atoms with Gasteiger partial charge in [-0.15, -0.1) is 0 Å². The summed E-state index contributed by atoms with van der Waals surface area (Å²) in [5.74, 6) is -0.319. The van der Waals surface area contributed by atoms with Gasteiger partial charge in [0, 0.05) is 13.0 Å². The van der Waals surface area contributed by atoms with E-state index in [4.69, 9.17) is 9.47 Å². The fourth-order valence-electron chi connectivity index (χ4n) is 2.95. The van der Waals surface area contributed by atoms with Gasteiger partial charge >= 0.3 is 6.09 Å². The summed E-state index contributed by atoms with van der Waals surface area (Å²) in [5.41, 5.74) is 0.914. The molecule has 1 fully saturated rings. The Morgan fingerprint density at radius 1 is 1.03 bits per heavy atom. The van der Waals surface area contributed by atoms with Crippen molar-refractivity contribution < 1.29 is 34.4 Å². The van der Waals surface area contributed by atoms with Crippen molar-refractivity contribution in [1.29, 1.82) is 0 Å². The summed E-state index contributed by atoms with van der Waals surface area (Å²) in [4.78, 5) is 23.6. The summed E-state index contributed by atoms with van der Waals surface area (Å²) in [7, 11) is 0. The minimum Gasteiger partial charge on any atom is -0.445 e. The van der Waals surface area contributed by atoms with Crippen LogP contribution in [0.2, 0.25) is 0 Å². The van der Waals surface area contributed by atoms with Gasteiger partial charge in [0.1, 0.15) is 24.9 Å². The van der Waals surface area contributed by atoms with Crippen LogP contribution >= 0.6 is 0 Å². The number of carbonyl (C=O) groups excluding carboxylic acids is 2. The first kappa shape index (κ1) is 23.1. The van der Waals surface area contributed by atoms with Crippen molar-refractivity contribution in [2.75, 3.05) is 6.54 Å². The highest BCUT2D eigenvalue weighted by Gasteiger charge is 2.42. The largest absolute Gasteiger partial charge is 0.445 e. The van der Waals surface area contributed by atoms with E-state index in [-0.39, 0.29) is 18.9 Å². The van der Waals surface area contributed by atoms with Crippen LogP contribution in [0.15, 0.2) is 30.3 Å². The Hall–Kier alpha value is -2.20. The monoisotopic (exact) mass is 410 g/mol. The van der Waals surface area contributed by atoms with Gasteiger partial charge in [-0.25, -0.2) is 4.79 Å². The lowest BCUT2D eigenvalue weighted by Gasteiger charge is -2.39. The number of aliphatic hydroxyl groups is 3. The van der Waals surface area contributed by atoms with Gasteiger partial charge in [0.15, 0.2) is 6.23 Å². The van der Waals surface area contributed by atoms with E-state index in [9.17, 15) is 24.9 Å². The van der Waals surface area contributed by atoms with E-state index in [0.717, 1.165) is 12.0 Å². The summed E-state index contributed by atoms with van der Waals surface area (Å²) in [6.07, 6.45) is -3.99. The minimum absolute atomic E-state index is 0.215. The molecule has 5 atom stereocenters. The predicted molar refractivity (Wildman–Crippen MR) is 104 cm³/mol. The predicted octanol–water partition coefficient (Wildman–Crippen LogP) is 0.417. The summed E-state index contributed by atoms with van der Waals surface area (Å²) >= 11 is 0. The van der Waals surface area contributed by atoms with E-state index in [1.807, 2.05) is 30.3 Å². The molecule has 0 unspecified atom stereocenters. The number of unbranched alkanes of at least 4 members (excludes halogenated alkanes) is 2. The Morgan fingerprint density at radius 3 is 2.48 bits per heavy atom. The number of rotatable bonds is 9. The molecule has 9 heteroatoms. The van der Waals surface area contributed by atoms with E-state index in [1.54, 1.807) is 6.92 Å². The quantitative estimate of drug-likeness (QED) is 0.372. The first-order chi connectivity index (χ1) is 13.9. The second-order valence-corrected chi connectivity index (χ2v) is 7.10. The maximum Gasteiger partial charge on any atom is 0.407 e. The number of alkyl carbamates (subject to hydrolysis) is 1. The molecule has 0 aliphatic carbocycles. The molecule has 2 amide bonds. The molecule has 2 rings (SSSR count). The molecule has 162 valence electrons. The SMILES string of the molecule is C[C@H]1O[C@H](NC(=O)CCCCCNC(=O)OCc2ccccc2)[C@@H](O)[C@@H](O)[C@@H]1O. The van der Waals surface area contributed by atoms with Crippen molar-refractivity contribution in [2.45, 2.75) is 69.9 Å². The number of ether oxygens (including phenoxy) is 2. The Bertz CT molecular complexity index is 643. The van der Waals surface area contributed by atoms with Gasteiger partial charge in [-0.2, -0.15) is 0 Å². The van der Waals surface area contributed by atoms with Gasteiger partial charge in [-0.3, -0.25) is 4.79 Å². The van der Waals surface area contributed by atoms with Crippen LogP contribution in [-0.2, 0) is 20.9 Å². The molecule has 1 heterocycles. The topological polar surface area (TPSA) is 137 Å². The molecule has 0 bridgehead atoms. The number of nitrogens with one attached hydrogen (secondary N) is 2. The lowest BCUT2D eigenvalue weighted by Crippen LogP contribution is -2.61. The van der Waals surface area contributed by atoms with E-state index < -0.39 is 36.7 Å². The molecule has 1 aromatic carbocycles. The highest BCUT2D eigenvalue weighted by Crippen LogP contribution is 2.19. The first-order valence-electron chi connectivity index (χ1n) is 9.82. The zero-order valence-corrected chi connectivity index (χ0v) is 16.5. The Labute approximate surface area is 170 Å². The molecule has 0 spiro atoms. The maximum atomic E-state index is 12.0. The van der Waals surface area contributed by atoms with Crippen LogP contribution < -0.4 is 10.6 Å². The average Bonchev–Trinajstić information content (AvgIpc) is 2.72. The molecule has 1 aliphatic heterocycles. The Kier molecular flexibility index (Phi) is 9.33. The highest BCUT2D eigenvalue weighted by atomic mass is 16.6. The molecule has 9 nitrogen and oxygen atoms in total. The lowest BCUT2D eigenvalue weighted by molar-refractivity contribution is -0.224. The van der Waals surface area contributed by atoms with Gasteiger partial charge in [0.05, 0.1) is 6.10 Å².